The molecular formula is C21H21Cl2N3O2S. The first kappa shape index (κ1) is 20.4. The fraction of sp³-hybridized carbons (Fsp3) is 0.286. The molecule has 0 bridgehead atoms. The summed E-state index contributed by atoms with van der Waals surface area (Å²) in [6.07, 6.45) is 5.26. The Labute approximate surface area is 180 Å². The van der Waals surface area contributed by atoms with Crippen LogP contribution in [0.5, 0.6) is 0 Å². The molecule has 1 aliphatic rings. The number of aryl methyl sites for hydroxylation is 1. The van der Waals surface area contributed by atoms with Gasteiger partial charge in [0.05, 0.1) is 18.0 Å². The molecule has 29 heavy (non-hydrogen) atoms. The van der Waals surface area contributed by atoms with E-state index in [9.17, 15) is 8.42 Å². The molecular weight excluding hydrogens is 429 g/mol. The van der Waals surface area contributed by atoms with Gasteiger partial charge in [0, 0.05) is 28.5 Å². The number of aromatic nitrogens is 2. The Morgan fingerprint density at radius 1 is 1.14 bits per heavy atom. The van der Waals surface area contributed by atoms with E-state index in [0.29, 0.717) is 27.3 Å². The van der Waals surface area contributed by atoms with Gasteiger partial charge < -0.3 is 4.57 Å². The Morgan fingerprint density at radius 2 is 1.86 bits per heavy atom. The summed E-state index contributed by atoms with van der Waals surface area (Å²) in [4.78, 5) is 4.73. The van der Waals surface area contributed by atoms with Gasteiger partial charge in [0.2, 0.25) is 10.0 Å². The van der Waals surface area contributed by atoms with Crippen molar-refractivity contribution in [3.63, 3.8) is 0 Å². The zero-order valence-electron chi connectivity index (χ0n) is 15.9. The molecule has 0 aliphatic heterocycles. The molecule has 0 N–H and O–H groups in total. The third-order valence-electron chi connectivity index (χ3n) is 5.04. The van der Waals surface area contributed by atoms with Crippen LogP contribution in [-0.4, -0.2) is 28.3 Å². The normalized spacial score (nSPS) is 14.5. The molecule has 1 fully saturated rings. The monoisotopic (exact) mass is 449 g/mol. The van der Waals surface area contributed by atoms with E-state index in [-0.39, 0.29) is 12.6 Å². The maximum Gasteiger partial charge on any atom is 0.243 e. The molecule has 2 aromatic carbocycles. The van der Waals surface area contributed by atoms with E-state index in [1.165, 1.54) is 0 Å². The lowest BCUT2D eigenvalue weighted by molar-refractivity contribution is 0.383. The minimum Gasteiger partial charge on any atom is -0.329 e. The smallest absolute Gasteiger partial charge is 0.243 e. The first-order chi connectivity index (χ1) is 13.8. The van der Waals surface area contributed by atoms with Crippen molar-refractivity contribution < 1.29 is 8.42 Å². The number of hydrogen-bond donors (Lipinski definition) is 0. The highest BCUT2D eigenvalue weighted by Crippen LogP contribution is 2.33. The van der Waals surface area contributed by atoms with Gasteiger partial charge in [-0.1, -0.05) is 47.0 Å². The van der Waals surface area contributed by atoms with Gasteiger partial charge in [-0.2, -0.15) is 4.31 Å². The Kier molecular flexibility index (Phi) is 5.71. The van der Waals surface area contributed by atoms with Crippen molar-refractivity contribution in [2.24, 2.45) is 0 Å². The number of hydrogen-bond acceptors (Lipinski definition) is 3. The third-order valence-corrected chi connectivity index (χ3v) is 7.54. The van der Waals surface area contributed by atoms with E-state index in [2.05, 4.69) is 4.98 Å². The molecule has 0 saturated heterocycles. The SMILES string of the molecule is Cc1ccc(S(=O)(=O)N(Cc2nccn2Cc2ccc(Cl)cc2Cl)C2CC2)cc1. The molecule has 4 rings (SSSR count). The number of rotatable bonds is 7. The lowest BCUT2D eigenvalue weighted by Gasteiger charge is -2.22. The standard InChI is InChI=1S/C21H21Cl2N3O2S/c1-15-2-8-19(9-3-15)29(27,28)26(18-6-7-18)14-21-24-10-11-25(21)13-16-4-5-17(22)12-20(16)23/h2-5,8-12,18H,6-7,13-14H2,1H3. The van der Waals surface area contributed by atoms with Crippen molar-refractivity contribution in [3.05, 3.63) is 81.9 Å². The van der Waals surface area contributed by atoms with Crippen LogP contribution in [0.4, 0.5) is 0 Å². The van der Waals surface area contributed by atoms with E-state index in [1.54, 1.807) is 34.8 Å². The summed E-state index contributed by atoms with van der Waals surface area (Å²) in [5, 5.41) is 1.15. The zero-order chi connectivity index (χ0) is 20.6. The third kappa shape index (κ3) is 4.51. The highest BCUT2D eigenvalue weighted by atomic mass is 35.5. The number of sulfonamides is 1. The Morgan fingerprint density at radius 3 is 2.52 bits per heavy atom. The van der Waals surface area contributed by atoms with E-state index in [1.807, 2.05) is 35.9 Å². The van der Waals surface area contributed by atoms with Crippen molar-refractivity contribution in [1.82, 2.24) is 13.9 Å². The largest absolute Gasteiger partial charge is 0.329 e. The van der Waals surface area contributed by atoms with Crippen molar-refractivity contribution in [2.75, 3.05) is 0 Å². The van der Waals surface area contributed by atoms with Crippen LogP contribution < -0.4 is 0 Å². The molecule has 3 aromatic rings. The van der Waals surface area contributed by atoms with Crippen molar-refractivity contribution >= 4 is 33.2 Å². The van der Waals surface area contributed by atoms with Gasteiger partial charge >= 0.3 is 0 Å². The summed E-state index contributed by atoms with van der Waals surface area (Å²) in [5.74, 6) is 0.679. The van der Waals surface area contributed by atoms with Gasteiger partial charge in [0.25, 0.3) is 0 Å². The summed E-state index contributed by atoms with van der Waals surface area (Å²) in [6, 6.07) is 12.4. The minimum absolute atomic E-state index is 0.0190. The molecule has 8 heteroatoms. The van der Waals surface area contributed by atoms with Gasteiger partial charge in [-0.3, -0.25) is 0 Å². The van der Waals surface area contributed by atoms with Crippen LogP contribution in [0.25, 0.3) is 0 Å². The molecule has 0 radical (unpaired) electrons. The maximum absolute atomic E-state index is 13.3. The number of benzene rings is 2. The number of nitrogens with zero attached hydrogens (tertiary/aromatic N) is 3. The molecule has 1 aromatic heterocycles. The first-order valence-electron chi connectivity index (χ1n) is 9.37. The zero-order valence-corrected chi connectivity index (χ0v) is 18.3. The van der Waals surface area contributed by atoms with E-state index in [4.69, 9.17) is 23.2 Å². The second-order valence-corrected chi connectivity index (χ2v) is 10.0. The minimum atomic E-state index is -3.60. The highest BCUT2D eigenvalue weighted by molar-refractivity contribution is 7.89. The van der Waals surface area contributed by atoms with Crippen LogP contribution >= 0.6 is 23.2 Å². The van der Waals surface area contributed by atoms with E-state index >= 15 is 0 Å². The summed E-state index contributed by atoms with van der Waals surface area (Å²) < 4.78 is 30.0. The predicted molar refractivity (Wildman–Crippen MR) is 115 cm³/mol. The van der Waals surface area contributed by atoms with Crippen molar-refractivity contribution in [2.45, 2.75) is 43.8 Å². The molecule has 5 nitrogen and oxygen atoms in total. The fourth-order valence-electron chi connectivity index (χ4n) is 3.23. The van der Waals surface area contributed by atoms with Crippen LogP contribution in [0.15, 0.2) is 59.8 Å². The average molecular weight is 450 g/mol. The van der Waals surface area contributed by atoms with Gasteiger partial charge in [0.15, 0.2) is 0 Å². The number of halogens is 2. The van der Waals surface area contributed by atoms with Gasteiger partial charge in [-0.25, -0.2) is 13.4 Å². The van der Waals surface area contributed by atoms with Crippen LogP contribution in [0.1, 0.15) is 29.8 Å². The number of imidazole rings is 1. The Balaban J connectivity index is 1.60. The Bertz CT molecular complexity index is 1120. The van der Waals surface area contributed by atoms with E-state index in [0.717, 1.165) is 24.0 Å². The second-order valence-electron chi connectivity index (χ2n) is 7.30. The molecule has 1 saturated carbocycles. The lowest BCUT2D eigenvalue weighted by Crippen LogP contribution is -2.33. The maximum atomic E-state index is 13.3. The first-order valence-corrected chi connectivity index (χ1v) is 11.6. The molecule has 0 spiro atoms. The summed E-state index contributed by atoms with van der Waals surface area (Å²) in [7, 11) is -3.60. The molecule has 1 heterocycles. The molecule has 1 aliphatic carbocycles. The summed E-state index contributed by atoms with van der Waals surface area (Å²) >= 11 is 12.3. The van der Waals surface area contributed by atoms with Crippen molar-refractivity contribution in [1.29, 1.82) is 0 Å². The quantitative estimate of drug-likeness (QED) is 0.515. The van der Waals surface area contributed by atoms with Crippen LogP contribution in [0, 0.1) is 6.92 Å². The molecule has 0 amide bonds. The lowest BCUT2D eigenvalue weighted by atomic mass is 10.2. The molecule has 0 atom stereocenters. The highest BCUT2D eigenvalue weighted by Gasteiger charge is 2.38. The summed E-state index contributed by atoms with van der Waals surface area (Å²) in [5.41, 5.74) is 1.92. The molecule has 152 valence electrons. The van der Waals surface area contributed by atoms with Crippen LogP contribution in [0.2, 0.25) is 10.0 Å². The van der Waals surface area contributed by atoms with E-state index < -0.39 is 10.0 Å². The van der Waals surface area contributed by atoms with Gasteiger partial charge in [-0.15, -0.1) is 0 Å². The van der Waals surface area contributed by atoms with Gasteiger partial charge in [-0.05, 0) is 49.6 Å². The Hall–Kier alpha value is -1.86. The van der Waals surface area contributed by atoms with Crippen LogP contribution in [-0.2, 0) is 23.1 Å². The second kappa shape index (κ2) is 8.11. The molecule has 0 unspecified atom stereocenters. The average Bonchev–Trinajstić information content (AvgIpc) is 3.42. The topological polar surface area (TPSA) is 55.2 Å². The predicted octanol–water partition coefficient (Wildman–Crippen LogP) is 4.90. The summed E-state index contributed by atoms with van der Waals surface area (Å²) in [6.45, 7) is 2.65. The fourth-order valence-corrected chi connectivity index (χ4v) is 5.33. The van der Waals surface area contributed by atoms with Gasteiger partial charge in [0.1, 0.15) is 5.82 Å². The van der Waals surface area contributed by atoms with Crippen molar-refractivity contribution in [3.8, 4) is 0 Å². The van der Waals surface area contributed by atoms with Crippen LogP contribution in [0.3, 0.4) is 0 Å².